The lowest BCUT2D eigenvalue weighted by Crippen LogP contribution is -2.11. The zero-order chi connectivity index (χ0) is 18.5. The molecule has 0 aliphatic carbocycles. The third kappa shape index (κ3) is 2.51. The number of nitrogens with zero attached hydrogens (tertiary/aromatic N) is 3. The van der Waals surface area contributed by atoms with Gasteiger partial charge in [-0.05, 0) is 35.9 Å². The fourth-order valence-electron chi connectivity index (χ4n) is 2.90. The summed E-state index contributed by atoms with van der Waals surface area (Å²) in [5.41, 5.74) is 1.44. The van der Waals surface area contributed by atoms with Gasteiger partial charge < -0.3 is 0 Å². The van der Waals surface area contributed by atoms with Crippen LogP contribution in [0.3, 0.4) is 0 Å². The molecule has 4 rings (SSSR count). The molecule has 0 saturated heterocycles. The SMILES string of the molecule is Cc1ccc2ccc(S(=O)(=O)n3cnc4cc([N+](=O)[O-])ccc43)cc2c1. The van der Waals surface area contributed by atoms with Crippen LogP contribution in [0.5, 0.6) is 0 Å². The number of imidazole rings is 1. The van der Waals surface area contributed by atoms with E-state index in [2.05, 4.69) is 4.98 Å². The molecule has 0 aliphatic rings. The molecule has 0 unspecified atom stereocenters. The molecule has 0 fully saturated rings. The Bertz CT molecular complexity index is 1290. The number of rotatable bonds is 3. The van der Waals surface area contributed by atoms with E-state index < -0.39 is 14.9 Å². The van der Waals surface area contributed by atoms with E-state index in [0.29, 0.717) is 5.52 Å². The molecule has 3 aromatic carbocycles. The standard InChI is InChI=1S/C18H13N3O4S/c1-12-2-3-13-4-6-16(9-14(13)8-12)26(24,25)20-11-19-17-10-15(21(22)23)5-7-18(17)20/h2-11H,1H3. The van der Waals surface area contributed by atoms with Crippen molar-refractivity contribution >= 4 is 37.5 Å². The third-order valence-corrected chi connectivity index (χ3v) is 5.89. The topological polar surface area (TPSA) is 95.1 Å². The molecule has 1 aromatic heterocycles. The fourth-order valence-corrected chi connectivity index (χ4v) is 4.23. The molecule has 0 bridgehead atoms. The van der Waals surface area contributed by atoms with Crippen LogP contribution in [-0.4, -0.2) is 22.3 Å². The Morgan fingerprint density at radius 3 is 2.54 bits per heavy atom. The van der Waals surface area contributed by atoms with Crippen molar-refractivity contribution in [2.45, 2.75) is 11.8 Å². The lowest BCUT2D eigenvalue weighted by atomic mass is 10.1. The van der Waals surface area contributed by atoms with E-state index in [-0.39, 0.29) is 16.1 Å². The second-order valence-electron chi connectivity index (χ2n) is 5.99. The predicted molar refractivity (Wildman–Crippen MR) is 97.7 cm³/mol. The average molecular weight is 367 g/mol. The quantitative estimate of drug-likeness (QED) is 0.407. The highest BCUT2D eigenvalue weighted by Gasteiger charge is 2.21. The molecule has 0 atom stereocenters. The Labute approximate surface area is 148 Å². The molecule has 7 nitrogen and oxygen atoms in total. The molecular formula is C18H13N3O4S. The lowest BCUT2D eigenvalue weighted by molar-refractivity contribution is -0.384. The van der Waals surface area contributed by atoms with Crippen molar-refractivity contribution in [3.05, 3.63) is 76.6 Å². The summed E-state index contributed by atoms with van der Waals surface area (Å²) >= 11 is 0. The van der Waals surface area contributed by atoms with Crippen molar-refractivity contribution in [2.75, 3.05) is 0 Å². The number of hydrogen-bond donors (Lipinski definition) is 0. The molecule has 0 saturated carbocycles. The van der Waals surface area contributed by atoms with Gasteiger partial charge in [0.15, 0.2) is 0 Å². The van der Waals surface area contributed by atoms with Crippen molar-refractivity contribution in [2.24, 2.45) is 0 Å². The fraction of sp³-hybridized carbons (Fsp3) is 0.0556. The monoisotopic (exact) mass is 367 g/mol. The maximum absolute atomic E-state index is 13.0. The van der Waals surface area contributed by atoms with Crippen molar-refractivity contribution in [1.82, 2.24) is 8.96 Å². The molecule has 26 heavy (non-hydrogen) atoms. The average Bonchev–Trinajstić information content (AvgIpc) is 3.04. The van der Waals surface area contributed by atoms with Gasteiger partial charge in [-0.25, -0.2) is 17.4 Å². The van der Waals surface area contributed by atoms with Crippen LogP contribution in [0, 0.1) is 17.0 Å². The van der Waals surface area contributed by atoms with Crippen LogP contribution in [0.1, 0.15) is 5.56 Å². The first-order valence-electron chi connectivity index (χ1n) is 7.74. The van der Waals surface area contributed by atoms with Crippen molar-refractivity contribution in [3.63, 3.8) is 0 Å². The van der Waals surface area contributed by atoms with Crippen LogP contribution >= 0.6 is 0 Å². The van der Waals surface area contributed by atoms with Crippen LogP contribution in [0.15, 0.2) is 65.8 Å². The number of hydrogen-bond acceptors (Lipinski definition) is 5. The summed E-state index contributed by atoms with van der Waals surface area (Å²) in [5.74, 6) is 0. The van der Waals surface area contributed by atoms with Gasteiger partial charge in [-0.15, -0.1) is 0 Å². The normalized spacial score (nSPS) is 11.9. The minimum atomic E-state index is -3.88. The van der Waals surface area contributed by atoms with E-state index in [4.69, 9.17) is 0 Å². The molecule has 130 valence electrons. The first kappa shape index (κ1) is 16.2. The first-order chi connectivity index (χ1) is 12.4. The van der Waals surface area contributed by atoms with Crippen molar-refractivity contribution in [3.8, 4) is 0 Å². The number of benzene rings is 3. The van der Waals surface area contributed by atoms with E-state index in [1.54, 1.807) is 18.2 Å². The van der Waals surface area contributed by atoms with Gasteiger partial charge in [0.25, 0.3) is 15.7 Å². The number of aryl methyl sites for hydroxylation is 1. The van der Waals surface area contributed by atoms with Crippen LogP contribution in [0.2, 0.25) is 0 Å². The minimum absolute atomic E-state index is 0.133. The number of aromatic nitrogens is 2. The highest BCUT2D eigenvalue weighted by molar-refractivity contribution is 7.90. The summed E-state index contributed by atoms with van der Waals surface area (Å²) < 4.78 is 27.1. The van der Waals surface area contributed by atoms with Gasteiger partial charge in [-0.3, -0.25) is 10.1 Å². The summed E-state index contributed by atoms with van der Waals surface area (Å²) in [7, 11) is -3.88. The maximum atomic E-state index is 13.0. The van der Waals surface area contributed by atoms with Crippen LogP contribution in [0.25, 0.3) is 21.8 Å². The lowest BCUT2D eigenvalue weighted by Gasteiger charge is -2.08. The Hall–Kier alpha value is -3.26. The maximum Gasteiger partial charge on any atom is 0.271 e. The largest absolute Gasteiger partial charge is 0.271 e. The second-order valence-corrected chi connectivity index (χ2v) is 7.80. The summed E-state index contributed by atoms with van der Waals surface area (Å²) in [5, 5.41) is 12.6. The van der Waals surface area contributed by atoms with E-state index in [0.717, 1.165) is 20.3 Å². The van der Waals surface area contributed by atoms with Gasteiger partial charge >= 0.3 is 0 Å². The number of fused-ring (bicyclic) bond motifs is 2. The van der Waals surface area contributed by atoms with Gasteiger partial charge in [0, 0.05) is 12.1 Å². The molecule has 0 amide bonds. The smallest absolute Gasteiger partial charge is 0.258 e. The van der Waals surface area contributed by atoms with Gasteiger partial charge in [0.1, 0.15) is 6.33 Å². The summed E-state index contributed by atoms with van der Waals surface area (Å²) in [6.45, 7) is 1.94. The summed E-state index contributed by atoms with van der Waals surface area (Å²) in [4.78, 5) is 14.5. The van der Waals surface area contributed by atoms with Crippen molar-refractivity contribution < 1.29 is 13.3 Å². The van der Waals surface area contributed by atoms with Crippen LogP contribution in [0.4, 0.5) is 5.69 Å². The van der Waals surface area contributed by atoms with E-state index in [1.807, 2.05) is 25.1 Å². The first-order valence-corrected chi connectivity index (χ1v) is 9.18. The van der Waals surface area contributed by atoms with E-state index in [9.17, 15) is 18.5 Å². The molecule has 0 N–H and O–H groups in total. The number of non-ortho nitro benzene ring substituents is 1. The highest BCUT2D eigenvalue weighted by Crippen LogP contribution is 2.26. The molecule has 0 spiro atoms. The van der Waals surface area contributed by atoms with E-state index in [1.165, 1.54) is 24.5 Å². The van der Waals surface area contributed by atoms with Crippen LogP contribution < -0.4 is 0 Å². The Balaban J connectivity index is 1.89. The van der Waals surface area contributed by atoms with Gasteiger partial charge in [-0.1, -0.05) is 29.8 Å². The third-order valence-electron chi connectivity index (χ3n) is 4.23. The number of nitro benzene ring substituents is 1. The molecule has 0 aliphatic heterocycles. The molecule has 4 aromatic rings. The second kappa shape index (κ2) is 5.63. The Kier molecular flexibility index (Phi) is 3.52. The van der Waals surface area contributed by atoms with Crippen LogP contribution in [-0.2, 0) is 10.0 Å². The molecule has 8 heteroatoms. The minimum Gasteiger partial charge on any atom is -0.258 e. The summed E-state index contributed by atoms with van der Waals surface area (Å²) in [6.07, 6.45) is 1.17. The van der Waals surface area contributed by atoms with Gasteiger partial charge in [-0.2, -0.15) is 0 Å². The predicted octanol–water partition coefficient (Wildman–Crippen LogP) is 3.64. The summed E-state index contributed by atoms with van der Waals surface area (Å²) in [6, 6.07) is 14.7. The molecule has 1 heterocycles. The molecular weight excluding hydrogens is 354 g/mol. The molecule has 0 radical (unpaired) electrons. The van der Waals surface area contributed by atoms with Gasteiger partial charge in [0.2, 0.25) is 0 Å². The van der Waals surface area contributed by atoms with Gasteiger partial charge in [0.05, 0.1) is 20.9 Å². The number of nitro groups is 1. The van der Waals surface area contributed by atoms with E-state index >= 15 is 0 Å². The zero-order valence-electron chi connectivity index (χ0n) is 13.7. The Morgan fingerprint density at radius 2 is 1.77 bits per heavy atom. The highest BCUT2D eigenvalue weighted by atomic mass is 32.2. The zero-order valence-corrected chi connectivity index (χ0v) is 14.5. The Morgan fingerprint density at radius 1 is 1.00 bits per heavy atom. The van der Waals surface area contributed by atoms with Crippen molar-refractivity contribution in [1.29, 1.82) is 0 Å².